The Kier molecular flexibility index (Phi) is 7.19. The van der Waals surface area contributed by atoms with E-state index in [2.05, 4.69) is 10.3 Å². The van der Waals surface area contributed by atoms with Crippen LogP contribution in [-0.2, 0) is 11.0 Å². The fourth-order valence-corrected chi connectivity index (χ4v) is 2.60. The minimum atomic E-state index is -4.48. The molecule has 0 aliphatic carbocycles. The largest absolute Gasteiger partial charge is 0.493 e. The van der Waals surface area contributed by atoms with E-state index >= 15 is 0 Å². The van der Waals surface area contributed by atoms with Gasteiger partial charge in [0.25, 0.3) is 0 Å². The third-order valence-corrected chi connectivity index (χ3v) is 3.88. The van der Waals surface area contributed by atoms with Gasteiger partial charge in [-0.05, 0) is 43.7 Å². The summed E-state index contributed by atoms with van der Waals surface area (Å²) in [5.74, 6) is -0.0198. The van der Waals surface area contributed by atoms with Crippen molar-refractivity contribution in [2.75, 3.05) is 19.0 Å². The highest BCUT2D eigenvalue weighted by molar-refractivity contribution is 5.97. The molecule has 0 saturated carbocycles. The van der Waals surface area contributed by atoms with Gasteiger partial charge < -0.3 is 14.8 Å². The van der Waals surface area contributed by atoms with Crippen molar-refractivity contribution in [1.29, 1.82) is 0 Å². The molecule has 0 aliphatic rings. The zero-order valence-electron chi connectivity index (χ0n) is 16.2. The number of amides is 1. The normalized spacial score (nSPS) is 11.1. The first kappa shape index (κ1) is 22.2. The number of nitrogens with zero attached hydrogens (tertiary/aromatic N) is 1. The van der Waals surface area contributed by atoms with Gasteiger partial charge in [-0.1, -0.05) is 0 Å². The Hall–Kier alpha value is -3.10. The van der Waals surface area contributed by atoms with Crippen LogP contribution in [0, 0.1) is 6.92 Å². The van der Waals surface area contributed by atoms with Gasteiger partial charge in [-0.25, -0.2) is 4.98 Å². The Morgan fingerprint density at radius 1 is 1.14 bits per heavy atom. The average Bonchev–Trinajstić information content (AvgIpc) is 2.63. The second-order valence-corrected chi connectivity index (χ2v) is 6.30. The van der Waals surface area contributed by atoms with Crippen molar-refractivity contribution in [2.24, 2.45) is 0 Å². The first-order chi connectivity index (χ1) is 13.6. The number of hydrogen-bond acceptors (Lipinski definition) is 5. The Morgan fingerprint density at radius 2 is 1.86 bits per heavy atom. The fourth-order valence-electron chi connectivity index (χ4n) is 2.60. The number of rotatable bonds is 8. The predicted molar refractivity (Wildman–Crippen MR) is 100 cm³/mol. The number of carbonyl (C=O) groups is 2. The number of ketones is 1. The summed E-state index contributed by atoms with van der Waals surface area (Å²) < 4.78 is 48.7. The Labute approximate surface area is 166 Å². The van der Waals surface area contributed by atoms with Gasteiger partial charge in [0.05, 0.1) is 19.3 Å². The van der Waals surface area contributed by atoms with Crippen molar-refractivity contribution in [3.8, 4) is 11.5 Å². The molecule has 2 rings (SSSR count). The number of carbonyl (C=O) groups excluding carboxylic acids is 2. The number of methoxy groups -OCH3 is 1. The lowest BCUT2D eigenvalue weighted by Crippen LogP contribution is -2.10. The van der Waals surface area contributed by atoms with E-state index in [4.69, 9.17) is 9.47 Å². The van der Waals surface area contributed by atoms with Gasteiger partial charge in [0, 0.05) is 24.6 Å². The third kappa shape index (κ3) is 6.48. The van der Waals surface area contributed by atoms with Crippen LogP contribution >= 0.6 is 0 Å². The Bertz CT molecular complexity index is 898. The summed E-state index contributed by atoms with van der Waals surface area (Å²) >= 11 is 0. The van der Waals surface area contributed by atoms with Gasteiger partial charge in [0.2, 0.25) is 5.91 Å². The number of ether oxygens (including phenoxy) is 2. The standard InChI is InChI=1S/C20H21F3N2O4/c1-12-9-14(10-19(24-12)25-13(2)26)16(27)5-4-8-29-17-7-6-15(20(21,22)23)11-18(17)28-3/h6-7,9-11H,4-5,8H2,1-3H3,(H,24,25,26). The van der Waals surface area contributed by atoms with Gasteiger partial charge in [-0.2, -0.15) is 13.2 Å². The molecule has 1 heterocycles. The molecule has 0 saturated heterocycles. The lowest BCUT2D eigenvalue weighted by molar-refractivity contribution is -0.137. The fraction of sp³-hybridized carbons (Fsp3) is 0.350. The maximum Gasteiger partial charge on any atom is 0.416 e. The molecule has 0 unspecified atom stereocenters. The van der Waals surface area contributed by atoms with E-state index in [1.807, 2.05) is 0 Å². The van der Waals surface area contributed by atoms with Crippen LogP contribution in [0.3, 0.4) is 0 Å². The molecule has 9 heteroatoms. The van der Waals surface area contributed by atoms with E-state index in [-0.39, 0.29) is 36.2 Å². The summed E-state index contributed by atoms with van der Waals surface area (Å²) in [6.07, 6.45) is -3.97. The number of Topliss-reactive ketones (excluding diaryl/α,β-unsaturated/α-hetero) is 1. The molecule has 2 aromatic rings. The minimum absolute atomic E-state index is 0.0316. The topological polar surface area (TPSA) is 77.5 Å². The quantitative estimate of drug-likeness (QED) is 0.515. The molecule has 0 spiro atoms. The first-order valence-corrected chi connectivity index (χ1v) is 8.77. The Morgan fingerprint density at radius 3 is 2.48 bits per heavy atom. The Balaban J connectivity index is 1.95. The van der Waals surface area contributed by atoms with E-state index in [1.165, 1.54) is 26.2 Å². The molecule has 0 bridgehead atoms. The molecule has 0 fully saturated rings. The van der Waals surface area contributed by atoms with Crippen molar-refractivity contribution >= 4 is 17.5 Å². The molecule has 0 aliphatic heterocycles. The number of nitrogens with one attached hydrogen (secondary N) is 1. The molecule has 6 nitrogen and oxygen atoms in total. The zero-order valence-corrected chi connectivity index (χ0v) is 16.2. The van der Waals surface area contributed by atoms with Crippen molar-refractivity contribution in [3.63, 3.8) is 0 Å². The lowest BCUT2D eigenvalue weighted by Gasteiger charge is -2.13. The molecule has 0 atom stereocenters. The van der Waals surface area contributed by atoms with Gasteiger partial charge in [-0.3, -0.25) is 9.59 Å². The third-order valence-electron chi connectivity index (χ3n) is 3.88. The highest BCUT2D eigenvalue weighted by atomic mass is 19.4. The summed E-state index contributed by atoms with van der Waals surface area (Å²) in [6.45, 7) is 3.18. The van der Waals surface area contributed by atoms with Crippen LogP contribution in [0.2, 0.25) is 0 Å². The van der Waals surface area contributed by atoms with Gasteiger partial charge in [-0.15, -0.1) is 0 Å². The molecule has 1 amide bonds. The lowest BCUT2D eigenvalue weighted by atomic mass is 10.1. The molecule has 1 aromatic heterocycles. The number of halogens is 3. The first-order valence-electron chi connectivity index (χ1n) is 8.77. The zero-order chi connectivity index (χ0) is 21.6. The van der Waals surface area contributed by atoms with E-state index in [0.717, 1.165) is 12.1 Å². The highest BCUT2D eigenvalue weighted by Gasteiger charge is 2.31. The summed E-state index contributed by atoms with van der Waals surface area (Å²) in [7, 11) is 1.25. The van der Waals surface area contributed by atoms with Gasteiger partial charge in [0.15, 0.2) is 17.3 Å². The number of aromatic nitrogens is 1. The summed E-state index contributed by atoms with van der Waals surface area (Å²) in [4.78, 5) is 27.7. The molecular weight excluding hydrogens is 389 g/mol. The maximum absolute atomic E-state index is 12.8. The molecule has 1 N–H and O–H groups in total. The summed E-state index contributed by atoms with van der Waals surface area (Å²) in [5, 5.41) is 2.54. The second kappa shape index (κ2) is 9.40. The molecular formula is C20H21F3N2O4. The van der Waals surface area contributed by atoms with Gasteiger partial charge in [0.1, 0.15) is 5.82 Å². The second-order valence-electron chi connectivity index (χ2n) is 6.30. The van der Waals surface area contributed by atoms with Crippen molar-refractivity contribution < 1.29 is 32.2 Å². The maximum atomic E-state index is 12.8. The van der Waals surface area contributed by atoms with E-state index < -0.39 is 11.7 Å². The van der Waals surface area contributed by atoms with Crippen LogP contribution in [0.5, 0.6) is 11.5 Å². The number of pyridine rings is 1. The van der Waals surface area contributed by atoms with Crippen LogP contribution in [0.4, 0.5) is 19.0 Å². The average molecular weight is 410 g/mol. The monoisotopic (exact) mass is 410 g/mol. The smallest absolute Gasteiger partial charge is 0.416 e. The number of benzene rings is 1. The summed E-state index contributed by atoms with van der Waals surface area (Å²) in [6, 6.07) is 6.08. The SMILES string of the molecule is COc1cc(C(F)(F)F)ccc1OCCCC(=O)c1cc(C)nc(NC(C)=O)c1. The number of hydrogen-bond donors (Lipinski definition) is 1. The number of anilines is 1. The molecule has 1 aromatic carbocycles. The van der Waals surface area contributed by atoms with Crippen LogP contribution in [-0.4, -0.2) is 30.4 Å². The number of aryl methyl sites for hydroxylation is 1. The van der Waals surface area contributed by atoms with E-state index in [0.29, 0.717) is 23.5 Å². The van der Waals surface area contributed by atoms with Gasteiger partial charge >= 0.3 is 6.18 Å². The molecule has 0 radical (unpaired) electrons. The molecule has 29 heavy (non-hydrogen) atoms. The van der Waals surface area contributed by atoms with Crippen LogP contribution < -0.4 is 14.8 Å². The highest BCUT2D eigenvalue weighted by Crippen LogP contribution is 2.36. The minimum Gasteiger partial charge on any atom is -0.493 e. The summed E-state index contributed by atoms with van der Waals surface area (Å²) in [5.41, 5.74) is 0.165. The van der Waals surface area contributed by atoms with E-state index in [1.54, 1.807) is 13.0 Å². The molecule has 156 valence electrons. The number of alkyl halides is 3. The predicted octanol–water partition coefficient (Wildman–Crippen LogP) is 4.42. The van der Waals surface area contributed by atoms with Crippen LogP contribution in [0.15, 0.2) is 30.3 Å². The van der Waals surface area contributed by atoms with Crippen molar-refractivity contribution in [1.82, 2.24) is 4.98 Å². The van der Waals surface area contributed by atoms with Crippen molar-refractivity contribution in [2.45, 2.75) is 32.9 Å². The van der Waals surface area contributed by atoms with Crippen LogP contribution in [0.1, 0.15) is 41.4 Å². The van der Waals surface area contributed by atoms with Crippen LogP contribution in [0.25, 0.3) is 0 Å². The van der Waals surface area contributed by atoms with E-state index in [9.17, 15) is 22.8 Å². The van der Waals surface area contributed by atoms with Crippen molar-refractivity contribution in [3.05, 3.63) is 47.2 Å².